The number of esters is 1. The van der Waals surface area contributed by atoms with Crippen LogP contribution >= 0.6 is 11.6 Å². The maximum atomic E-state index is 11.0. The van der Waals surface area contributed by atoms with Crippen molar-refractivity contribution >= 4 is 28.6 Å². The van der Waals surface area contributed by atoms with E-state index in [2.05, 4.69) is 37.5 Å². The topological polar surface area (TPSA) is 67.9 Å². The van der Waals surface area contributed by atoms with Crippen molar-refractivity contribution in [3.8, 4) is 17.1 Å². The summed E-state index contributed by atoms with van der Waals surface area (Å²) in [5, 5.41) is 0.573. The third kappa shape index (κ3) is 3.01. The Morgan fingerprint density at radius 1 is 1.38 bits per heavy atom. The van der Waals surface area contributed by atoms with Gasteiger partial charge in [0.25, 0.3) is 0 Å². The number of carbonyl (C=O) groups excluding carboxylic acids is 1. The second kappa shape index (κ2) is 5.61. The van der Waals surface area contributed by atoms with Crippen molar-refractivity contribution in [2.24, 2.45) is 0 Å². The number of ether oxygens (including phenoxy) is 1. The smallest absolute Gasteiger partial charge is 0.310 e. The fourth-order valence-corrected chi connectivity index (χ4v) is 2.54. The lowest BCUT2D eigenvalue weighted by Gasteiger charge is -2.07. The first-order chi connectivity index (χ1) is 10.0. The van der Waals surface area contributed by atoms with Crippen molar-refractivity contribution in [2.75, 3.05) is 0 Å². The summed E-state index contributed by atoms with van der Waals surface area (Å²) < 4.78 is 5.85. The Bertz CT molecular complexity index is 830. The second-order valence-corrected chi connectivity index (χ2v) is 5.87. The van der Waals surface area contributed by atoms with Gasteiger partial charge in [-0.25, -0.2) is 0 Å². The molecule has 0 unspecified atom stereocenters. The Labute approximate surface area is 138 Å². The normalized spacial score (nSPS) is 10.8. The first-order valence-corrected chi connectivity index (χ1v) is 7.48. The average molecular weight is 414 g/mol. The number of benzene rings is 1. The van der Waals surface area contributed by atoms with Crippen molar-refractivity contribution in [2.45, 2.75) is 6.92 Å². The van der Waals surface area contributed by atoms with Crippen LogP contribution < -0.4 is 27.3 Å². The number of hydrogen-bond acceptors (Lipinski definition) is 4. The summed E-state index contributed by atoms with van der Waals surface area (Å²) in [5.41, 5.74) is 3.11. The molecule has 3 aromatic rings. The number of nitrogens with one attached hydrogen (secondary N) is 1. The van der Waals surface area contributed by atoms with Crippen molar-refractivity contribution in [3.05, 3.63) is 39.2 Å². The van der Waals surface area contributed by atoms with Crippen molar-refractivity contribution < 1.29 is 32.1 Å². The van der Waals surface area contributed by atoms with Crippen LogP contribution in [0, 0.1) is 3.70 Å². The molecule has 0 amide bonds. The molecule has 1 N–H and O–H groups in total. The maximum absolute atomic E-state index is 11.0. The molecule has 0 atom stereocenters. The van der Waals surface area contributed by atoms with Gasteiger partial charge in [0, 0.05) is 24.2 Å². The van der Waals surface area contributed by atoms with E-state index in [4.69, 9.17) is 16.3 Å². The minimum absolute atomic E-state index is 0.159. The van der Waals surface area contributed by atoms with Crippen molar-refractivity contribution in [3.63, 3.8) is 0 Å². The van der Waals surface area contributed by atoms with Crippen LogP contribution in [0.2, 0.25) is 5.02 Å². The Morgan fingerprint density at radius 2 is 2.19 bits per heavy atom. The largest absolute Gasteiger partial charge is 0.736 e. The van der Waals surface area contributed by atoms with Gasteiger partial charge >= 0.3 is 12.0 Å². The molecule has 107 valence electrons. The van der Waals surface area contributed by atoms with Crippen molar-refractivity contribution in [1.29, 1.82) is 0 Å². The van der Waals surface area contributed by atoms with Gasteiger partial charge in [0.1, 0.15) is 0 Å². The molecular formula is C14H9ClIN3O2-. The lowest BCUT2D eigenvalue weighted by molar-refractivity contribution is -0.337. The summed E-state index contributed by atoms with van der Waals surface area (Å²) in [6, 6.07) is 7.61. The molecule has 1 aromatic carbocycles. The van der Waals surface area contributed by atoms with Gasteiger partial charge in [-0.05, 0) is 12.1 Å². The van der Waals surface area contributed by atoms with E-state index in [0.29, 0.717) is 16.1 Å². The fourth-order valence-electron chi connectivity index (χ4n) is 1.95. The number of pyridine rings is 1. The molecule has 2 heterocycles. The number of hydrogen-bond donors (Lipinski definition) is 1. The molecule has 3 rings (SSSR count). The molecule has 0 bridgehead atoms. The monoisotopic (exact) mass is 413 g/mol. The van der Waals surface area contributed by atoms with Crippen LogP contribution in [0.15, 0.2) is 30.5 Å². The van der Waals surface area contributed by atoms with Gasteiger partial charge < -0.3 is 32.3 Å². The van der Waals surface area contributed by atoms with Gasteiger partial charge in [-0.2, -0.15) is 4.98 Å². The molecule has 0 aliphatic rings. The molecule has 1 radical (unpaired) electrons. The van der Waals surface area contributed by atoms with E-state index in [1.807, 2.05) is 18.2 Å². The minimum atomic E-state index is -0.429. The van der Waals surface area contributed by atoms with Crippen LogP contribution in [0.3, 0.4) is 0 Å². The van der Waals surface area contributed by atoms with Crippen LogP contribution in [0.4, 0.5) is 0 Å². The molecule has 0 aliphatic carbocycles. The molecular weight excluding hydrogens is 405 g/mol. The Kier molecular flexibility index (Phi) is 3.81. The van der Waals surface area contributed by atoms with Crippen molar-refractivity contribution in [1.82, 2.24) is 15.0 Å². The summed E-state index contributed by atoms with van der Waals surface area (Å²) in [7, 11) is 0. The molecule has 0 spiro atoms. The van der Waals surface area contributed by atoms with Gasteiger partial charge in [0.15, 0.2) is 0 Å². The summed E-state index contributed by atoms with van der Waals surface area (Å²) in [6.45, 7) is 1.32. The van der Waals surface area contributed by atoms with Gasteiger partial charge in [0.05, 0.1) is 16.1 Å². The summed E-state index contributed by atoms with van der Waals surface area (Å²) in [5.74, 6) is -0.429. The Hall–Kier alpha value is -1.67. The van der Waals surface area contributed by atoms with Gasteiger partial charge in [-0.15, -0.1) is 3.70 Å². The molecule has 5 nitrogen and oxygen atoms in total. The zero-order valence-corrected chi connectivity index (χ0v) is 13.8. The number of nitrogens with zero attached hydrogens (tertiary/aromatic N) is 2. The number of halogens is 2. The standard InChI is InChI=1S/C14H9ClIN3O2/c1-7(20)21-14-18-11-4-9(10(15)5-12(11)19-14)8-2-3-13(16)17-6-8/h2-6H,1H3,(H,18,19)/q-1. The highest BCUT2D eigenvalue weighted by Crippen LogP contribution is 2.31. The lowest BCUT2D eigenvalue weighted by atomic mass is 10.1. The number of rotatable bonds is 2. The van der Waals surface area contributed by atoms with E-state index in [9.17, 15) is 4.79 Å². The van der Waals surface area contributed by atoms with Gasteiger partial charge in [-0.1, -0.05) is 23.7 Å². The summed E-state index contributed by atoms with van der Waals surface area (Å²) in [4.78, 5) is 22.3. The molecule has 0 saturated carbocycles. The molecule has 21 heavy (non-hydrogen) atoms. The zero-order valence-electron chi connectivity index (χ0n) is 10.9. The minimum Gasteiger partial charge on any atom is -0.736 e. The predicted octanol–water partition coefficient (Wildman–Crippen LogP) is -0.0735. The highest BCUT2D eigenvalue weighted by atomic mass is 127. The number of imidazole rings is 1. The molecule has 7 heteroatoms. The van der Waals surface area contributed by atoms with Crippen LogP contribution in [0.25, 0.3) is 22.2 Å². The highest BCUT2D eigenvalue weighted by molar-refractivity contribution is 6.34. The molecule has 0 fully saturated rings. The van der Waals surface area contributed by atoms with Crippen LogP contribution in [-0.4, -0.2) is 20.9 Å². The lowest BCUT2D eigenvalue weighted by Crippen LogP contribution is -3.34. The SMILES string of the molecule is CC(=O)Oc1nc2cc(-c3ccc([I-])nc3)c(Cl)cc2[nH]1. The fraction of sp³-hybridized carbons (Fsp3) is 0.0714. The first kappa shape index (κ1) is 14.3. The summed E-state index contributed by atoms with van der Waals surface area (Å²) in [6.07, 6.45) is 1.76. The van der Waals surface area contributed by atoms with Crippen LogP contribution in [0.1, 0.15) is 6.92 Å². The van der Waals surface area contributed by atoms with Gasteiger partial charge in [0.2, 0.25) is 0 Å². The molecule has 0 saturated heterocycles. The first-order valence-electron chi connectivity index (χ1n) is 6.02. The van der Waals surface area contributed by atoms with Crippen LogP contribution in [0.5, 0.6) is 6.01 Å². The number of fused-ring (bicyclic) bond motifs is 1. The molecule has 0 aliphatic heterocycles. The summed E-state index contributed by atoms with van der Waals surface area (Å²) >= 11 is 8.45. The van der Waals surface area contributed by atoms with Gasteiger partial charge in [-0.3, -0.25) is 9.78 Å². The Morgan fingerprint density at radius 3 is 2.86 bits per heavy atom. The van der Waals surface area contributed by atoms with E-state index < -0.39 is 5.97 Å². The number of aromatic nitrogens is 3. The Balaban J connectivity index is 2.09. The second-order valence-electron chi connectivity index (χ2n) is 4.35. The molecule has 2 aromatic heterocycles. The highest BCUT2D eigenvalue weighted by Gasteiger charge is 2.11. The van der Waals surface area contributed by atoms with E-state index in [1.54, 1.807) is 12.3 Å². The zero-order chi connectivity index (χ0) is 15.0. The number of aromatic amines is 1. The third-order valence-corrected chi connectivity index (χ3v) is 3.78. The number of H-pyrrole nitrogens is 1. The van der Waals surface area contributed by atoms with E-state index in [-0.39, 0.29) is 6.01 Å². The third-order valence-electron chi connectivity index (χ3n) is 2.83. The van der Waals surface area contributed by atoms with Crippen LogP contribution in [-0.2, 0) is 4.79 Å². The predicted molar refractivity (Wildman–Crippen MR) is 74.3 cm³/mol. The quantitative estimate of drug-likeness (QED) is 0.363. The van der Waals surface area contributed by atoms with E-state index >= 15 is 0 Å². The average Bonchev–Trinajstić information content (AvgIpc) is 2.79. The number of carbonyl (C=O) groups is 1. The maximum Gasteiger partial charge on any atom is 0.310 e. The van der Waals surface area contributed by atoms with E-state index in [1.165, 1.54) is 6.92 Å². The van der Waals surface area contributed by atoms with E-state index in [0.717, 1.165) is 14.8 Å².